The predicted molar refractivity (Wildman–Crippen MR) is 117 cm³/mol. The summed E-state index contributed by atoms with van der Waals surface area (Å²) in [5.41, 5.74) is 1.02. The van der Waals surface area contributed by atoms with Gasteiger partial charge in [0.1, 0.15) is 0 Å². The molecule has 0 saturated carbocycles. The van der Waals surface area contributed by atoms with Gasteiger partial charge in [0, 0.05) is 45.7 Å². The van der Waals surface area contributed by atoms with Crippen LogP contribution in [0.3, 0.4) is 0 Å². The third-order valence-electron chi connectivity index (χ3n) is 4.96. The second kappa shape index (κ2) is 13.5. The Kier molecular flexibility index (Phi) is 11.8. The van der Waals surface area contributed by atoms with Crippen molar-refractivity contribution in [3.8, 4) is 0 Å². The standard InChI is InChI=1S/C19H31N3O3S.C2HF3O2/c1-3-4-5-13-22(14-10-19(23)21-15-11-20-12-16-21)26(24,25)18-8-6-17(2)7-9-18;3-2(4,5)1(6)7/h6-9,20H,3-5,10-16H2,1-2H3;(H,6,7). The minimum absolute atomic E-state index is 0.0334. The van der Waals surface area contributed by atoms with Crippen molar-refractivity contribution in [1.82, 2.24) is 14.5 Å². The number of carboxylic acid groups (broad SMARTS) is 1. The van der Waals surface area contributed by atoms with Crippen LogP contribution in [0.1, 0.15) is 38.2 Å². The fourth-order valence-corrected chi connectivity index (χ4v) is 4.52. The zero-order valence-corrected chi connectivity index (χ0v) is 19.7. The summed E-state index contributed by atoms with van der Waals surface area (Å²) in [5.74, 6) is -2.72. The van der Waals surface area contributed by atoms with Crippen molar-refractivity contribution in [2.24, 2.45) is 0 Å². The third kappa shape index (κ3) is 10.1. The summed E-state index contributed by atoms with van der Waals surface area (Å²) in [6, 6.07) is 6.91. The molecule has 0 atom stereocenters. The number of alkyl halides is 3. The Balaban J connectivity index is 0.000000675. The molecule has 1 saturated heterocycles. The van der Waals surface area contributed by atoms with Gasteiger partial charge >= 0.3 is 12.1 Å². The molecule has 1 aromatic carbocycles. The molecule has 0 aromatic heterocycles. The van der Waals surface area contributed by atoms with Gasteiger partial charge in [-0.15, -0.1) is 0 Å². The molecular formula is C21H32F3N3O5S. The molecule has 2 N–H and O–H groups in total. The topological polar surface area (TPSA) is 107 Å². The van der Waals surface area contributed by atoms with Crippen LogP contribution >= 0.6 is 0 Å². The Morgan fingerprint density at radius 2 is 1.64 bits per heavy atom. The van der Waals surface area contributed by atoms with Crippen molar-refractivity contribution in [3.63, 3.8) is 0 Å². The summed E-state index contributed by atoms with van der Waals surface area (Å²) in [6.07, 6.45) is -2.04. The zero-order chi connectivity index (χ0) is 25.1. The molecule has 1 fully saturated rings. The second-order valence-electron chi connectivity index (χ2n) is 7.61. The van der Waals surface area contributed by atoms with Crippen LogP contribution in [0.15, 0.2) is 29.2 Å². The first kappa shape index (κ1) is 28.9. The van der Waals surface area contributed by atoms with Crippen LogP contribution in [0, 0.1) is 6.92 Å². The largest absolute Gasteiger partial charge is 0.490 e. The molecular weight excluding hydrogens is 463 g/mol. The van der Waals surface area contributed by atoms with E-state index in [0.717, 1.165) is 37.9 Å². The lowest BCUT2D eigenvalue weighted by atomic mass is 10.2. The highest BCUT2D eigenvalue weighted by Gasteiger charge is 2.38. The van der Waals surface area contributed by atoms with Crippen molar-refractivity contribution in [3.05, 3.63) is 29.8 Å². The quantitative estimate of drug-likeness (QED) is 0.510. The molecule has 1 heterocycles. The van der Waals surface area contributed by atoms with Gasteiger partial charge in [-0.2, -0.15) is 17.5 Å². The molecule has 0 aliphatic carbocycles. The number of piperazine rings is 1. The molecule has 33 heavy (non-hydrogen) atoms. The SMILES string of the molecule is CCCCCN(CCC(=O)N1CCNCC1)S(=O)(=O)c1ccc(C)cc1.O=C(O)C(F)(F)F. The van der Waals surface area contributed by atoms with Gasteiger partial charge < -0.3 is 15.3 Å². The highest BCUT2D eigenvalue weighted by Crippen LogP contribution is 2.18. The van der Waals surface area contributed by atoms with E-state index in [1.54, 1.807) is 12.1 Å². The number of carboxylic acids is 1. The van der Waals surface area contributed by atoms with Crippen LogP contribution in [0.25, 0.3) is 0 Å². The maximum absolute atomic E-state index is 13.0. The smallest absolute Gasteiger partial charge is 0.475 e. The minimum Gasteiger partial charge on any atom is -0.475 e. The zero-order valence-electron chi connectivity index (χ0n) is 18.9. The third-order valence-corrected chi connectivity index (χ3v) is 6.87. The predicted octanol–water partition coefficient (Wildman–Crippen LogP) is 2.63. The molecule has 1 aromatic rings. The first-order chi connectivity index (χ1) is 15.4. The fraction of sp³-hybridized carbons (Fsp3) is 0.619. The molecule has 188 valence electrons. The van der Waals surface area contributed by atoms with E-state index < -0.39 is 22.2 Å². The van der Waals surface area contributed by atoms with Gasteiger partial charge in [-0.25, -0.2) is 13.2 Å². The highest BCUT2D eigenvalue weighted by atomic mass is 32.2. The van der Waals surface area contributed by atoms with E-state index in [1.807, 2.05) is 24.0 Å². The number of carbonyl (C=O) groups excluding carboxylic acids is 1. The van der Waals surface area contributed by atoms with Crippen molar-refractivity contribution >= 4 is 21.9 Å². The molecule has 0 radical (unpaired) electrons. The molecule has 1 aliphatic rings. The van der Waals surface area contributed by atoms with Crippen molar-refractivity contribution < 1.29 is 36.3 Å². The maximum Gasteiger partial charge on any atom is 0.490 e. The maximum atomic E-state index is 13.0. The van der Waals surface area contributed by atoms with Gasteiger partial charge in [-0.1, -0.05) is 37.5 Å². The summed E-state index contributed by atoms with van der Waals surface area (Å²) in [4.78, 5) is 23.4. The number of sulfonamides is 1. The number of aliphatic carboxylic acids is 1. The van der Waals surface area contributed by atoms with Gasteiger partial charge in [0.2, 0.25) is 15.9 Å². The Bertz CT molecular complexity index is 855. The number of amides is 1. The number of carbonyl (C=O) groups is 2. The van der Waals surface area contributed by atoms with E-state index in [1.165, 1.54) is 4.31 Å². The Morgan fingerprint density at radius 1 is 1.09 bits per heavy atom. The van der Waals surface area contributed by atoms with E-state index in [4.69, 9.17) is 9.90 Å². The van der Waals surface area contributed by atoms with Crippen molar-refractivity contribution in [2.75, 3.05) is 39.3 Å². The molecule has 0 spiro atoms. The summed E-state index contributed by atoms with van der Waals surface area (Å²) >= 11 is 0. The van der Waals surface area contributed by atoms with E-state index in [-0.39, 0.29) is 18.9 Å². The van der Waals surface area contributed by atoms with E-state index in [2.05, 4.69) is 12.2 Å². The molecule has 12 heteroatoms. The van der Waals surface area contributed by atoms with Crippen LogP contribution in [-0.4, -0.2) is 80.1 Å². The fourth-order valence-electron chi connectivity index (χ4n) is 3.04. The molecule has 0 bridgehead atoms. The highest BCUT2D eigenvalue weighted by molar-refractivity contribution is 7.89. The average Bonchev–Trinajstić information content (AvgIpc) is 2.76. The number of hydrogen-bond donors (Lipinski definition) is 2. The van der Waals surface area contributed by atoms with Crippen LogP contribution in [-0.2, 0) is 19.6 Å². The molecule has 2 rings (SSSR count). The van der Waals surface area contributed by atoms with E-state index >= 15 is 0 Å². The van der Waals surface area contributed by atoms with Gasteiger partial charge in [-0.05, 0) is 25.5 Å². The number of rotatable bonds is 9. The number of nitrogens with zero attached hydrogens (tertiary/aromatic N) is 2. The van der Waals surface area contributed by atoms with Crippen molar-refractivity contribution in [2.45, 2.75) is 50.6 Å². The molecule has 0 unspecified atom stereocenters. The van der Waals surface area contributed by atoms with Gasteiger partial charge in [0.25, 0.3) is 0 Å². The minimum atomic E-state index is -5.08. The number of halogens is 3. The normalized spacial score (nSPS) is 14.5. The lowest BCUT2D eigenvalue weighted by Crippen LogP contribution is -2.47. The lowest BCUT2D eigenvalue weighted by Gasteiger charge is -2.29. The van der Waals surface area contributed by atoms with Crippen LogP contribution in [0.2, 0.25) is 0 Å². The van der Waals surface area contributed by atoms with Crippen LogP contribution < -0.4 is 5.32 Å². The number of nitrogens with one attached hydrogen (secondary N) is 1. The van der Waals surface area contributed by atoms with Gasteiger partial charge in [0.15, 0.2) is 0 Å². The molecule has 1 aliphatic heterocycles. The number of unbranched alkanes of at least 4 members (excludes halogenated alkanes) is 2. The summed E-state index contributed by atoms with van der Waals surface area (Å²) in [7, 11) is -3.57. The average molecular weight is 496 g/mol. The van der Waals surface area contributed by atoms with Gasteiger partial charge in [0.05, 0.1) is 4.90 Å². The molecule has 1 amide bonds. The summed E-state index contributed by atoms with van der Waals surface area (Å²) < 4.78 is 59.3. The van der Waals surface area contributed by atoms with E-state index in [0.29, 0.717) is 24.5 Å². The number of benzene rings is 1. The monoisotopic (exact) mass is 495 g/mol. The summed E-state index contributed by atoms with van der Waals surface area (Å²) in [5, 5.41) is 10.3. The van der Waals surface area contributed by atoms with Crippen molar-refractivity contribution in [1.29, 1.82) is 0 Å². The lowest BCUT2D eigenvalue weighted by molar-refractivity contribution is -0.192. The van der Waals surface area contributed by atoms with Crippen LogP contribution in [0.5, 0.6) is 0 Å². The van der Waals surface area contributed by atoms with Gasteiger partial charge in [-0.3, -0.25) is 4.79 Å². The Labute approximate surface area is 192 Å². The van der Waals surface area contributed by atoms with E-state index in [9.17, 15) is 26.4 Å². The Hall–Kier alpha value is -2.18. The second-order valence-corrected chi connectivity index (χ2v) is 9.55. The molecule has 8 nitrogen and oxygen atoms in total. The summed E-state index contributed by atoms with van der Waals surface area (Å²) in [6.45, 7) is 7.70. The number of hydrogen-bond acceptors (Lipinski definition) is 5. The Morgan fingerprint density at radius 3 is 2.12 bits per heavy atom. The first-order valence-corrected chi connectivity index (χ1v) is 12.2. The first-order valence-electron chi connectivity index (χ1n) is 10.7. The van der Waals surface area contributed by atoms with Crippen LogP contribution in [0.4, 0.5) is 13.2 Å². The number of aryl methyl sites for hydroxylation is 1.